The Morgan fingerprint density at radius 2 is 1.93 bits per heavy atom. The fraction of sp³-hybridized carbons (Fsp3) is 0.364. The van der Waals surface area contributed by atoms with Crippen molar-refractivity contribution in [2.45, 2.75) is 31.5 Å². The molecule has 27 heavy (non-hydrogen) atoms. The molecule has 1 saturated heterocycles. The molecule has 0 bridgehead atoms. The molecule has 0 spiro atoms. The highest BCUT2D eigenvalue weighted by atomic mass is 32.2. The van der Waals surface area contributed by atoms with E-state index in [0.29, 0.717) is 11.7 Å². The lowest BCUT2D eigenvalue weighted by Crippen LogP contribution is -2.40. The molecule has 1 atom stereocenters. The molecule has 0 saturated carbocycles. The van der Waals surface area contributed by atoms with Crippen molar-refractivity contribution in [2.24, 2.45) is 5.92 Å². The number of fused-ring (bicyclic) bond motifs is 1. The summed E-state index contributed by atoms with van der Waals surface area (Å²) in [6.45, 7) is 4.77. The molecular formula is C22H25N3OS. The number of hydrogen-bond donors (Lipinski definition) is 0. The molecule has 1 aromatic heterocycles. The fourth-order valence-electron chi connectivity index (χ4n) is 3.72. The number of amides is 1. The summed E-state index contributed by atoms with van der Waals surface area (Å²) in [5.74, 6) is 1.28. The van der Waals surface area contributed by atoms with Crippen LogP contribution in [-0.4, -0.2) is 39.2 Å². The molecule has 3 aromatic rings. The van der Waals surface area contributed by atoms with Crippen molar-refractivity contribution in [3.8, 4) is 0 Å². The number of carbonyl (C=O) groups excluding carboxylic acids is 1. The molecule has 0 aliphatic carbocycles. The predicted octanol–water partition coefficient (Wildman–Crippen LogP) is 4.44. The summed E-state index contributed by atoms with van der Waals surface area (Å²) in [7, 11) is 0. The van der Waals surface area contributed by atoms with E-state index in [2.05, 4.69) is 41.8 Å². The van der Waals surface area contributed by atoms with E-state index in [1.165, 1.54) is 12.0 Å². The molecule has 2 heterocycles. The van der Waals surface area contributed by atoms with E-state index in [0.717, 1.165) is 42.2 Å². The number of likely N-dealkylation sites (tertiary alicyclic amines) is 1. The number of para-hydroxylation sites is 2. The SMILES string of the molecule is C[C@@H]1CCCN(C(=O)CSc2nc3ccccc3n2Cc2ccccc2)C1. The molecule has 0 unspecified atom stereocenters. The van der Waals surface area contributed by atoms with Crippen LogP contribution in [0.1, 0.15) is 25.3 Å². The molecule has 2 aromatic carbocycles. The van der Waals surface area contributed by atoms with E-state index in [-0.39, 0.29) is 5.91 Å². The van der Waals surface area contributed by atoms with Gasteiger partial charge < -0.3 is 9.47 Å². The highest BCUT2D eigenvalue weighted by molar-refractivity contribution is 7.99. The van der Waals surface area contributed by atoms with Gasteiger partial charge in [0.15, 0.2) is 5.16 Å². The van der Waals surface area contributed by atoms with Gasteiger partial charge in [0.2, 0.25) is 5.91 Å². The second kappa shape index (κ2) is 8.17. The number of rotatable bonds is 5. The number of thioether (sulfide) groups is 1. The van der Waals surface area contributed by atoms with E-state index >= 15 is 0 Å². The average molecular weight is 380 g/mol. The molecule has 1 fully saturated rings. The first-order valence-corrected chi connectivity index (χ1v) is 10.6. The Kier molecular flexibility index (Phi) is 5.48. The van der Waals surface area contributed by atoms with Crippen molar-refractivity contribution in [3.63, 3.8) is 0 Å². The van der Waals surface area contributed by atoms with Crippen LogP contribution in [0.5, 0.6) is 0 Å². The van der Waals surface area contributed by atoms with Gasteiger partial charge in [-0.05, 0) is 36.5 Å². The maximum absolute atomic E-state index is 12.7. The fourth-order valence-corrected chi connectivity index (χ4v) is 4.63. The zero-order chi connectivity index (χ0) is 18.6. The number of hydrogen-bond acceptors (Lipinski definition) is 3. The van der Waals surface area contributed by atoms with Gasteiger partial charge in [-0.15, -0.1) is 0 Å². The minimum Gasteiger partial charge on any atom is -0.342 e. The van der Waals surface area contributed by atoms with Crippen LogP contribution < -0.4 is 0 Å². The van der Waals surface area contributed by atoms with Gasteiger partial charge in [0.1, 0.15) is 0 Å². The molecule has 4 nitrogen and oxygen atoms in total. The number of nitrogens with zero attached hydrogens (tertiary/aromatic N) is 3. The summed E-state index contributed by atoms with van der Waals surface area (Å²) < 4.78 is 2.22. The summed E-state index contributed by atoms with van der Waals surface area (Å²) in [6.07, 6.45) is 2.34. The second-order valence-corrected chi connectivity index (χ2v) is 8.27. The Morgan fingerprint density at radius 3 is 2.74 bits per heavy atom. The minimum absolute atomic E-state index is 0.227. The van der Waals surface area contributed by atoms with Gasteiger partial charge >= 0.3 is 0 Å². The van der Waals surface area contributed by atoms with Crippen LogP contribution >= 0.6 is 11.8 Å². The lowest BCUT2D eigenvalue weighted by atomic mass is 10.0. The third-order valence-corrected chi connectivity index (χ3v) is 6.10. The summed E-state index contributed by atoms with van der Waals surface area (Å²) in [6, 6.07) is 18.6. The first kappa shape index (κ1) is 18.1. The monoisotopic (exact) mass is 379 g/mol. The van der Waals surface area contributed by atoms with Crippen LogP contribution in [0.2, 0.25) is 0 Å². The highest BCUT2D eigenvalue weighted by Crippen LogP contribution is 2.26. The van der Waals surface area contributed by atoms with Crippen molar-refractivity contribution in [2.75, 3.05) is 18.8 Å². The number of benzene rings is 2. The van der Waals surface area contributed by atoms with Crippen LogP contribution in [0, 0.1) is 5.92 Å². The van der Waals surface area contributed by atoms with Crippen LogP contribution in [0.25, 0.3) is 11.0 Å². The van der Waals surface area contributed by atoms with E-state index in [9.17, 15) is 4.79 Å². The van der Waals surface area contributed by atoms with Crippen LogP contribution in [0.3, 0.4) is 0 Å². The van der Waals surface area contributed by atoms with Crippen LogP contribution in [0.15, 0.2) is 59.8 Å². The van der Waals surface area contributed by atoms with Gasteiger partial charge in [-0.25, -0.2) is 4.98 Å². The molecular weight excluding hydrogens is 354 g/mol. The Morgan fingerprint density at radius 1 is 1.15 bits per heavy atom. The zero-order valence-corrected chi connectivity index (χ0v) is 16.5. The van der Waals surface area contributed by atoms with E-state index in [1.807, 2.05) is 29.2 Å². The Balaban J connectivity index is 1.54. The van der Waals surface area contributed by atoms with Crippen molar-refractivity contribution in [1.29, 1.82) is 0 Å². The van der Waals surface area contributed by atoms with Crippen molar-refractivity contribution in [1.82, 2.24) is 14.5 Å². The topological polar surface area (TPSA) is 38.1 Å². The van der Waals surface area contributed by atoms with Gasteiger partial charge in [-0.2, -0.15) is 0 Å². The smallest absolute Gasteiger partial charge is 0.233 e. The Hall–Kier alpha value is -2.27. The van der Waals surface area contributed by atoms with Crippen LogP contribution in [-0.2, 0) is 11.3 Å². The summed E-state index contributed by atoms with van der Waals surface area (Å²) in [5, 5.41) is 0.915. The standard InChI is InChI=1S/C22H25N3OS/c1-17-8-7-13-24(14-17)21(26)16-27-22-23-19-11-5-6-12-20(19)25(22)15-18-9-3-2-4-10-18/h2-6,9-12,17H,7-8,13-16H2,1H3/t17-/m1/s1. The molecule has 1 aliphatic heterocycles. The third kappa shape index (κ3) is 4.19. The third-order valence-electron chi connectivity index (χ3n) is 5.14. The van der Waals surface area contributed by atoms with E-state index in [1.54, 1.807) is 11.8 Å². The minimum atomic E-state index is 0.227. The van der Waals surface area contributed by atoms with Gasteiger partial charge in [0.25, 0.3) is 0 Å². The first-order chi connectivity index (χ1) is 13.2. The van der Waals surface area contributed by atoms with Crippen molar-refractivity contribution >= 4 is 28.7 Å². The lowest BCUT2D eigenvalue weighted by molar-refractivity contribution is -0.130. The van der Waals surface area contributed by atoms with Gasteiger partial charge in [0, 0.05) is 13.1 Å². The quantitative estimate of drug-likeness (QED) is 0.615. The number of aromatic nitrogens is 2. The van der Waals surface area contributed by atoms with Crippen molar-refractivity contribution < 1.29 is 4.79 Å². The molecule has 0 radical (unpaired) electrons. The summed E-state index contributed by atoms with van der Waals surface area (Å²) >= 11 is 1.56. The summed E-state index contributed by atoms with van der Waals surface area (Å²) in [5.41, 5.74) is 3.33. The molecule has 1 amide bonds. The van der Waals surface area contributed by atoms with Gasteiger partial charge in [-0.3, -0.25) is 4.79 Å². The molecule has 140 valence electrons. The molecule has 0 N–H and O–H groups in total. The summed E-state index contributed by atoms with van der Waals surface area (Å²) in [4.78, 5) is 19.5. The second-order valence-electron chi connectivity index (χ2n) is 7.33. The molecule has 5 heteroatoms. The molecule has 1 aliphatic rings. The lowest BCUT2D eigenvalue weighted by Gasteiger charge is -2.30. The van der Waals surface area contributed by atoms with Gasteiger partial charge in [-0.1, -0.05) is 61.2 Å². The number of carbonyl (C=O) groups is 1. The zero-order valence-electron chi connectivity index (χ0n) is 15.7. The Bertz CT molecular complexity index is 922. The largest absolute Gasteiger partial charge is 0.342 e. The van der Waals surface area contributed by atoms with Crippen LogP contribution in [0.4, 0.5) is 0 Å². The van der Waals surface area contributed by atoms with Crippen molar-refractivity contribution in [3.05, 3.63) is 60.2 Å². The Labute approximate surface area is 164 Å². The first-order valence-electron chi connectivity index (χ1n) is 9.60. The number of piperidine rings is 1. The molecule has 4 rings (SSSR count). The maximum atomic E-state index is 12.7. The van der Waals surface area contributed by atoms with Gasteiger partial charge in [0.05, 0.1) is 23.3 Å². The average Bonchev–Trinajstić information content (AvgIpc) is 3.04. The highest BCUT2D eigenvalue weighted by Gasteiger charge is 2.22. The maximum Gasteiger partial charge on any atom is 0.233 e. The van der Waals surface area contributed by atoms with E-state index in [4.69, 9.17) is 4.98 Å². The normalized spacial score (nSPS) is 17.4. The number of imidazole rings is 1. The van der Waals surface area contributed by atoms with E-state index < -0.39 is 0 Å². The predicted molar refractivity (Wildman–Crippen MR) is 111 cm³/mol.